The van der Waals surface area contributed by atoms with Crippen molar-refractivity contribution in [1.82, 2.24) is 15.1 Å². The van der Waals surface area contributed by atoms with Crippen molar-refractivity contribution in [2.45, 2.75) is 20.1 Å². The van der Waals surface area contributed by atoms with Gasteiger partial charge in [-0.1, -0.05) is 18.2 Å². The fourth-order valence-corrected chi connectivity index (χ4v) is 2.12. The number of likely N-dealkylation sites (N-methyl/N-ethyl adjacent to an activating group) is 1. The van der Waals surface area contributed by atoms with Gasteiger partial charge in [-0.2, -0.15) is 5.10 Å². The highest BCUT2D eigenvalue weighted by Gasteiger charge is 2.12. The van der Waals surface area contributed by atoms with Crippen LogP contribution in [-0.2, 0) is 22.7 Å². The molecule has 0 aliphatic heterocycles. The SMILES string of the molecule is CCNC(=O)Cn1ccc(NC(=O)c2ccccc2COC)n1. The third kappa shape index (κ3) is 4.65. The second-order valence-electron chi connectivity index (χ2n) is 4.90. The number of rotatable bonds is 7. The number of carbonyl (C=O) groups is 2. The van der Waals surface area contributed by atoms with Crippen LogP contribution in [0.15, 0.2) is 36.5 Å². The van der Waals surface area contributed by atoms with E-state index in [4.69, 9.17) is 4.74 Å². The Hall–Kier alpha value is -2.67. The van der Waals surface area contributed by atoms with Crippen molar-refractivity contribution >= 4 is 17.6 Å². The van der Waals surface area contributed by atoms with E-state index in [-0.39, 0.29) is 18.4 Å². The summed E-state index contributed by atoms with van der Waals surface area (Å²) in [7, 11) is 1.58. The van der Waals surface area contributed by atoms with Gasteiger partial charge in [-0.3, -0.25) is 14.3 Å². The first-order valence-corrected chi connectivity index (χ1v) is 7.32. The molecule has 2 N–H and O–H groups in total. The molecule has 0 aliphatic carbocycles. The molecule has 7 nitrogen and oxygen atoms in total. The minimum Gasteiger partial charge on any atom is -0.380 e. The van der Waals surface area contributed by atoms with E-state index in [9.17, 15) is 9.59 Å². The standard InChI is InChI=1S/C16H20N4O3/c1-3-17-15(21)10-20-9-8-14(19-20)18-16(22)13-7-5-4-6-12(13)11-23-2/h4-9H,3,10-11H2,1-2H3,(H,17,21)(H,18,19,22). The lowest BCUT2D eigenvalue weighted by Gasteiger charge is -2.08. The number of nitrogens with one attached hydrogen (secondary N) is 2. The average Bonchev–Trinajstić information content (AvgIpc) is 2.95. The van der Waals surface area contributed by atoms with Gasteiger partial charge in [0, 0.05) is 31.5 Å². The molecule has 0 spiro atoms. The van der Waals surface area contributed by atoms with Gasteiger partial charge in [-0.05, 0) is 18.6 Å². The Morgan fingerprint density at radius 1 is 1.26 bits per heavy atom. The Balaban J connectivity index is 2.04. The number of amides is 2. The van der Waals surface area contributed by atoms with Crippen molar-refractivity contribution in [3.63, 3.8) is 0 Å². The van der Waals surface area contributed by atoms with Gasteiger partial charge in [-0.25, -0.2) is 0 Å². The predicted molar refractivity (Wildman–Crippen MR) is 86.0 cm³/mol. The minimum absolute atomic E-state index is 0.115. The molecule has 0 fully saturated rings. The number of benzene rings is 1. The molecule has 1 aromatic carbocycles. The third-order valence-corrected chi connectivity index (χ3v) is 3.12. The van der Waals surface area contributed by atoms with E-state index in [0.29, 0.717) is 24.5 Å². The molecule has 1 aromatic heterocycles. The molecule has 23 heavy (non-hydrogen) atoms. The van der Waals surface area contributed by atoms with Crippen LogP contribution >= 0.6 is 0 Å². The second-order valence-corrected chi connectivity index (χ2v) is 4.90. The molecule has 7 heteroatoms. The zero-order chi connectivity index (χ0) is 16.7. The van der Waals surface area contributed by atoms with E-state index in [2.05, 4.69) is 15.7 Å². The van der Waals surface area contributed by atoms with Crippen LogP contribution in [0.1, 0.15) is 22.8 Å². The Labute approximate surface area is 134 Å². The van der Waals surface area contributed by atoms with Crippen LogP contribution in [0.2, 0.25) is 0 Å². The number of carbonyl (C=O) groups excluding carboxylic acids is 2. The maximum atomic E-state index is 12.3. The van der Waals surface area contributed by atoms with Crippen molar-refractivity contribution < 1.29 is 14.3 Å². The van der Waals surface area contributed by atoms with Crippen LogP contribution in [0, 0.1) is 0 Å². The summed E-state index contributed by atoms with van der Waals surface area (Å²) in [5.74, 6) is 0.00587. The molecular weight excluding hydrogens is 296 g/mol. The fourth-order valence-electron chi connectivity index (χ4n) is 2.12. The van der Waals surface area contributed by atoms with Crippen molar-refractivity contribution in [3.8, 4) is 0 Å². The summed E-state index contributed by atoms with van der Waals surface area (Å²) in [6.45, 7) is 2.89. The molecule has 0 saturated heterocycles. The molecule has 1 heterocycles. The highest BCUT2D eigenvalue weighted by molar-refractivity contribution is 6.04. The highest BCUT2D eigenvalue weighted by Crippen LogP contribution is 2.12. The molecule has 0 atom stereocenters. The lowest BCUT2D eigenvalue weighted by Crippen LogP contribution is -2.27. The van der Waals surface area contributed by atoms with Crippen LogP contribution in [0.4, 0.5) is 5.82 Å². The molecule has 0 aliphatic rings. The number of hydrogen-bond donors (Lipinski definition) is 2. The number of anilines is 1. The van der Waals surface area contributed by atoms with Crippen LogP contribution in [0.5, 0.6) is 0 Å². The van der Waals surface area contributed by atoms with Gasteiger partial charge < -0.3 is 15.4 Å². The normalized spacial score (nSPS) is 10.3. The first-order valence-electron chi connectivity index (χ1n) is 7.32. The molecule has 0 radical (unpaired) electrons. The van der Waals surface area contributed by atoms with E-state index >= 15 is 0 Å². The number of methoxy groups -OCH3 is 1. The topological polar surface area (TPSA) is 85.2 Å². The van der Waals surface area contributed by atoms with Gasteiger partial charge >= 0.3 is 0 Å². The fraction of sp³-hybridized carbons (Fsp3) is 0.312. The molecule has 2 amide bonds. The molecule has 2 rings (SSSR count). The maximum Gasteiger partial charge on any atom is 0.257 e. The van der Waals surface area contributed by atoms with E-state index in [1.807, 2.05) is 19.1 Å². The Morgan fingerprint density at radius 2 is 2.04 bits per heavy atom. The lowest BCUT2D eigenvalue weighted by molar-refractivity contribution is -0.121. The van der Waals surface area contributed by atoms with Crippen molar-refractivity contribution in [1.29, 1.82) is 0 Å². The average molecular weight is 316 g/mol. The summed E-state index contributed by atoms with van der Waals surface area (Å²) in [5, 5.41) is 9.58. The summed E-state index contributed by atoms with van der Waals surface area (Å²) in [6, 6.07) is 8.87. The predicted octanol–water partition coefficient (Wildman–Crippen LogP) is 1.42. The zero-order valence-corrected chi connectivity index (χ0v) is 13.2. The van der Waals surface area contributed by atoms with Crippen molar-refractivity contribution in [2.75, 3.05) is 19.0 Å². The quantitative estimate of drug-likeness (QED) is 0.809. The largest absolute Gasteiger partial charge is 0.380 e. The first kappa shape index (κ1) is 16.7. The maximum absolute atomic E-state index is 12.3. The van der Waals surface area contributed by atoms with Gasteiger partial charge in [0.25, 0.3) is 5.91 Å². The van der Waals surface area contributed by atoms with Gasteiger partial charge in [0.1, 0.15) is 6.54 Å². The molecule has 122 valence electrons. The van der Waals surface area contributed by atoms with Crippen LogP contribution in [0.25, 0.3) is 0 Å². The van der Waals surface area contributed by atoms with Gasteiger partial charge in [-0.15, -0.1) is 0 Å². The lowest BCUT2D eigenvalue weighted by atomic mass is 10.1. The minimum atomic E-state index is -0.263. The number of aromatic nitrogens is 2. The van der Waals surface area contributed by atoms with Gasteiger partial charge in [0.15, 0.2) is 5.82 Å². The van der Waals surface area contributed by atoms with Crippen LogP contribution < -0.4 is 10.6 Å². The van der Waals surface area contributed by atoms with Gasteiger partial charge in [0.2, 0.25) is 5.91 Å². The highest BCUT2D eigenvalue weighted by atomic mass is 16.5. The number of nitrogens with zero attached hydrogens (tertiary/aromatic N) is 2. The number of hydrogen-bond acceptors (Lipinski definition) is 4. The second kappa shape index (κ2) is 8.09. The molecule has 0 unspecified atom stereocenters. The van der Waals surface area contributed by atoms with E-state index in [1.165, 1.54) is 4.68 Å². The van der Waals surface area contributed by atoms with E-state index in [0.717, 1.165) is 5.56 Å². The van der Waals surface area contributed by atoms with Gasteiger partial charge in [0.05, 0.1) is 6.61 Å². The Morgan fingerprint density at radius 3 is 2.78 bits per heavy atom. The van der Waals surface area contributed by atoms with Crippen LogP contribution in [-0.4, -0.2) is 35.2 Å². The smallest absolute Gasteiger partial charge is 0.257 e. The molecule has 2 aromatic rings. The summed E-state index contributed by atoms with van der Waals surface area (Å²) in [5.41, 5.74) is 1.34. The number of ether oxygens (including phenoxy) is 1. The van der Waals surface area contributed by atoms with Crippen molar-refractivity contribution in [2.24, 2.45) is 0 Å². The Kier molecular flexibility index (Phi) is 5.87. The Bertz CT molecular complexity index is 681. The summed E-state index contributed by atoms with van der Waals surface area (Å²) >= 11 is 0. The monoisotopic (exact) mass is 316 g/mol. The third-order valence-electron chi connectivity index (χ3n) is 3.12. The van der Waals surface area contributed by atoms with Crippen molar-refractivity contribution in [3.05, 3.63) is 47.7 Å². The summed E-state index contributed by atoms with van der Waals surface area (Å²) < 4.78 is 6.57. The summed E-state index contributed by atoms with van der Waals surface area (Å²) in [6.07, 6.45) is 1.64. The van der Waals surface area contributed by atoms with Crippen LogP contribution in [0.3, 0.4) is 0 Å². The summed E-state index contributed by atoms with van der Waals surface area (Å²) in [4.78, 5) is 23.9. The first-order chi connectivity index (χ1) is 11.1. The van der Waals surface area contributed by atoms with E-state index in [1.54, 1.807) is 31.5 Å². The van der Waals surface area contributed by atoms with E-state index < -0.39 is 0 Å². The molecule has 0 bridgehead atoms. The zero-order valence-electron chi connectivity index (χ0n) is 13.2. The molecular formula is C16H20N4O3. The molecule has 0 saturated carbocycles.